The topological polar surface area (TPSA) is 20.3 Å². The summed E-state index contributed by atoms with van der Waals surface area (Å²) in [5.41, 5.74) is 0. The Labute approximate surface area is 73.7 Å². The van der Waals surface area contributed by atoms with Crippen molar-refractivity contribution in [3.8, 4) is 0 Å². The van der Waals surface area contributed by atoms with Gasteiger partial charge in [-0.3, -0.25) is 4.79 Å². The van der Waals surface area contributed by atoms with Crippen molar-refractivity contribution < 1.29 is 4.79 Å². The van der Waals surface area contributed by atoms with Gasteiger partial charge in [0.2, 0.25) is 5.91 Å². The molecule has 1 fully saturated rings. The van der Waals surface area contributed by atoms with E-state index in [9.17, 15) is 4.79 Å². The van der Waals surface area contributed by atoms with Gasteiger partial charge in [0.25, 0.3) is 0 Å². The average Bonchev–Trinajstić information content (AvgIpc) is 2.34. The zero-order valence-electron chi connectivity index (χ0n) is 5.52. The zero-order chi connectivity index (χ0) is 7.56. The van der Waals surface area contributed by atoms with Crippen molar-refractivity contribution in [2.24, 2.45) is 0 Å². The minimum absolute atomic E-state index is 0.0450. The quantitative estimate of drug-likeness (QED) is 0.616. The molecule has 4 heteroatoms. The van der Waals surface area contributed by atoms with Gasteiger partial charge < -0.3 is 4.90 Å². The highest BCUT2D eigenvalue weighted by molar-refractivity contribution is 9.09. The van der Waals surface area contributed by atoms with E-state index in [4.69, 9.17) is 11.6 Å². The predicted molar refractivity (Wildman–Crippen MR) is 44.6 cm³/mol. The summed E-state index contributed by atoms with van der Waals surface area (Å²) in [7, 11) is 0. The summed E-state index contributed by atoms with van der Waals surface area (Å²) in [6, 6.07) is 0. The molecule has 0 unspecified atom stereocenters. The minimum Gasteiger partial charge on any atom is -0.341 e. The second-order valence-electron chi connectivity index (χ2n) is 2.36. The van der Waals surface area contributed by atoms with Crippen molar-refractivity contribution in [3.05, 3.63) is 0 Å². The SMILES string of the molecule is O=C(CCl)N1CC[C@H](Br)C1. The van der Waals surface area contributed by atoms with E-state index < -0.39 is 0 Å². The lowest BCUT2D eigenvalue weighted by Crippen LogP contribution is -2.29. The van der Waals surface area contributed by atoms with E-state index >= 15 is 0 Å². The number of likely N-dealkylation sites (tertiary alicyclic amines) is 1. The van der Waals surface area contributed by atoms with Crippen LogP contribution in [0.4, 0.5) is 0 Å². The van der Waals surface area contributed by atoms with Crippen LogP contribution < -0.4 is 0 Å². The second kappa shape index (κ2) is 3.58. The Morgan fingerprint density at radius 2 is 2.50 bits per heavy atom. The molecule has 0 aliphatic carbocycles. The van der Waals surface area contributed by atoms with Gasteiger partial charge in [0, 0.05) is 17.9 Å². The van der Waals surface area contributed by atoms with Crippen molar-refractivity contribution in [1.82, 2.24) is 4.90 Å². The molecule has 2 nitrogen and oxygen atoms in total. The van der Waals surface area contributed by atoms with Gasteiger partial charge in [-0.05, 0) is 6.42 Å². The van der Waals surface area contributed by atoms with Gasteiger partial charge >= 0.3 is 0 Å². The number of hydrogen-bond donors (Lipinski definition) is 0. The highest BCUT2D eigenvalue weighted by atomic mass is 79.9. The molecular formula is C6H9BrClNO. The Morgan fingerprint density at radius 3 is 2.90 bits per heavy atom. The average molecular weight is 227 g/mol. The molecule has 0 saturated carbocycles. The highest BCUT2D eigenvalue weighted by Crippen LogP contribution is 2.16. The van der Waals surface area contributed by atoms with Crippen molar-refractivity contribution in [2.75, 3.05) is 19.0 Å². The van der Waals surface area contributed by atoms with Gasteiger partial charge in [0.15, 0.2) is 0 Å². The summed E-state index contributed by atoms with van der Waals surface area (Å²) in [6.45, 7) is 1.66. The van der Waals surface area contributed by atoms with Crippen LogP contribution >= 0.6 is 27.5 Å². The summed E-state index contributed by atoms with van der Waals surface area (Å²) in [5, 5.41) is 0. The monoisotopic (exact) mass is 225 g/mol. The molecule has 10 heavy (non-hydrogen) atoms. The summed E-state index contributed by atoms with van der Waals surface area (Å²) < 4.78 is 0. The lowest BCUT2D eigenvalue weighted by molar-refractivity contribution is -0.127. The fourth-order valence-electron chi connectivity index (χ4n) is 1.03. The van der Waals surface area contributed by atoms with Gasteiger partial charge in [0.05, 0.1) is 0 Å². The van der Waals surface area contributed by atoms with Crippen molar-refractivity contribution >= 4 is 33.4 Å². The molecule has 0 aromatic carbocycles. The maximum atomic E-state index is 10.9. The Balaban J connectivity index is 2.37. The molecule has 0 radical (unpaired) electrons. The van der Waals surface area contributed by atoms with Gasteiger partial charge in [-0.25, -0.2) is 0 Å². The van der Waals surface area contributed by atoms with E-state index in [-0.39, 0.29) is 11.8 Å². The van der Waals surface area contributed by atoms with Crippen LogP contribution in [0.3, 0.4) is 0 Å². The molecule has 1 aliphatic rings. The summed E-state index contributed by atoms with van der Waals surface area (Å²) >= 11 is 8.81. The molecule has 1 heterocycles. The van der Waals surface area contributed by atoms with E-state index in [1.807, 2.05) is 0 Å². The number of nitrogens with zero attached hydrogens (tertiary/aromatic N) is 1. The van der Waals surface area contributed by atoms with E-state index in [0.29, 0.717) is 4.83 Å². The van der Waals surface area contributed by atoms with Gasteiger partial charge in [-0.2, -0.15) is 0 Å². The number of carbonyl (C=O) groups excluding carboxylic acids is 1. The number of amides is 1. The van der Waals surface area contributed by atoms with Crippen molar-refractivity contribution in [1.29, 1.82) is 0 Å². The first-order chi connectivity index (χ1) is 4.74. The number of hydrogen-bond acceptors (Lipinski definition) is 1. The Bertz CT molecular complexity index is 142. The number of rotatable bonds is 1. The third-order valence-corrected chi connectivity index (χ3v) is 2.57. The second-order valence-corrected chi connectivity index (χ2v) is 3.92. The van der Waals surface area contributed by atoms with Crippen molar-refractivity contribution in [2.45, 2.75) is 11.2 Å². The Morgan fingerprint density at radius 1 is 1.80 bits per heavy atom. The lowest BCUT2D eigenvalue weighted by Gasteiger charge is -2.12. The molecule has 1 rings (SSSR count). The molecule has 0 bridgehead atoms. The summed E-state index contributed by atoms with van der Waals surface area (Å²) in [6.07, 6.45) is 1.04. The van der Waals surface area contributed by atoms with E-state index in [0.717, 1.165) is 19.5 Å². The zero-order valence-corrected chi connectivity index (χ0v) is 7.86. The standard InChI is InChI=1S/C6H9BrClNO/c7-5-1-2-9(4-5)6(10)3-8/h5H,1-4H2/t5-/m0/s1. The smallest absolute Gasteiger partial charge is 0.237 e. The summed E-state index contributed by atoms with van der Waals surface area (Å²) in [5.74, 6) is 0.156. The van der Waals surface area contributed by atoms with Crippen LogP contribution in [-0.4, -0.2) is 34.6 Å². The molecule has 0 aromatic heterocycles. The molecule has 1 aliphatic heterocycles. The van der Waals surface area contributed by atoms with Crippen LogP contribution in [-0.2, 0) is 4.79 Å². The molecule has 0 N–H and O–H groups in total. The first-order valence-corrected chi connectivity index (χ1v) is 4.67. The molecule has 1 atom stereocenters. The highest BCUT2D eigenvalue weighted by Gasteiger charge is 2.22. The maximum absolute atomic E-state index is 10.9. The molecule has 1 saturated heterocycles. The molecule has 1 amide bonds. The predicted octanol–water partition coefficient (Wildman–Crippen LogP) is 1.22. The molecular weight excluding hydrogens is 217 g/mol. The van der Waals surface area contributed by atoms with E-state index in [1.54, 1.807) is 4.90 Å². The van der Waals surface area contributed by atoms with Crippen LogP contribution in [0.25, 0.3) is 0 Å². The van der Waals surface area contributed by atoms with E-state index in [1.165, 1.54) is 0 Å². The summed E-state index contributed by atoms with van der Waals surface area (Å²) in [4.78, 5) is 13.2. The maximum Gasteiger partial charge on any atom is 0.237 e. The number of carbonyl (C=O) groups is 1. The van der Waals surface area contributed by atoms with Crippen LogP contribution in [0.2, 0.25) is 0 Å². The van der Waals surface area contributed by atoms with Crippen LogP contribution in [0.5, 0.6) is 0 Å². The third-order valence-electron chi connectivity index (χ3n) is 1.60. The molecule has 58 valence electrons. The minimum atomic E-state index is 0.0450. The normalized spacial score (nSPS) is 25.4. The lowest BCUT2D eigenvalue weighted by atomic mass is 10.4. The van der Waals surface area contributed by atoms with Crippen LogP contribution in [0, 0.1) is 0 Å². The fraction of sp³-hybridized carbons (Fsp3) is 0.833. The largest absolute Gasteiger partial charge is 0.341 e. The van der Waals surface area contributed by atoms with Gasteiger partial charge in [-0.1, -0.05) is 15.9 Å². The van der Waals surface area contributed by atoms with Gasteiger partial charge in [-0.15, -0.1) is 11.6 Å². The van der Waals surface area contributed by atoms with Crippen LogP contribution in [0.1, 0.15) is 6.42 Å². The third kappa shape index (κ3) is 1.86. The fourth-order valence-corrected chi connectivity index (χ4v) is 1.75. The van der Waals surface area contributed by atoms with Crippen molar-refractivity contribution in [3.63, 3.8) is 0 Å². The molecule has 0 aromatic rings. The number of halogens is 2. The van der Waals surface area contributed by atoms with Gasteiger partial charge in [0.1, 0.15) is 5.88 Å². The first kappa shape index (κ1) is 8.34. The first-order valence-electron chi connectivity index (χ1n) is 3.22. The Kier molecular flexibility index (Phi) is 2.98. The number of alkyl halides is 2. The van der Waals surface area contributed by atoms with Crippen LogP contribution in [0.15, 0.2) is 0 Å². The van der Waals surface area contributed by atoms with E-state index in [2.05, 4.69) is 15.9 Å². The molecule has 0 spiro atoms. The Hall–Kier alpha value is 0.240.